The van der Waals surface area contributed by atoms with Crippen LogP contribution in [0.25, 0.3) is 11.4 Å². The number of aryl methyl sites for hydroxylation is 1. The van der Waals surface area contributed by atoms with Crippen molar-refractivity contribution in [2.24, 2.45) is 0 Å². The molecule has 0 aliphatic carbocycles. The fourth-order valence-electron chi connectivity index (χ4n) is 3.11. The molecule has 0 fully saturated rings. The summed E-state index contributed by atoms with van der Waals surface area (Å²) >= 11 is 0. The van der Waals surface area contributed by atoms with Crippen molar-refractivity contribution >= 4 is 5.91 Å². The van der Waals surface area contributed by atoms with E-state index in [-0.39, 0.29) is 11.7 Å². The Kier molecular flexibility index (Phi) is 4.21. The molecule has 130 valence electrons. The molecule has 4 nitrogen and oxygen atoms in total. The monoisotopic (exact) mass is 347 g/mol. The highest BCUT2D eigenvalue weighted by molar-refractivity contribution is 5.94. The number of halogens is 1. The Hall–Kier alpha value is -3.08. The van der Waals surface area contributed by atoms with Gasteiger partial charge in [0.2, 0.25) is 0 Å². The molecule has 1 amide bonds. The molecule has 1 aliphatic heterocycles. The van der Waals surface area contributed by atoms with Crippen LogP contribution in [-0.4, -0.2) is 27.3 Å². The minimum absolute atomic E-state index is 0.0262. The fraction of sp³-hybridized carbons (Fsp3) is 0.190. The van der Waals surface area contributed by atoms with Gasteiger partial charge in [-0.1, -0.05) is 17.7 Å². The van der Waals surface area contributed by atoms with Gasteiger partial charge in [-0.2, -0.15) is 0 Å². The molecular formula is C21H18FN3O. The van der Waals surface area contributed by atoms with Crippen molar-refractivity contribution in [3.8, 4) is 11.4 Å². The maximum Gasteiger partial charge on any atom is 0.254 e. The smallest absolute Gasteiger partial charge is 0.254 e. The largest absolute Gasteiger partial charge is 0.334 e. The third-order valence-electron chi connectivity index (χ3n) is 4.62. The molecule has 0 atom stereocenters. The lowest BCUT2D eigenvalue weighted by atomic mass is 10.0. The van der Waals surface area contributed by atoms with Crippen LogP contribution in [0.5, 0.6) is 0 Å². The quantitative estimate of drug-likeness (QED) is 0.708. The zero-order valence-corrected chi connectivity index (χ0v) is 14.4. The molecule has 1 aromatic heterocycles. The van der Waals surface area contributed by atoms with E-state index in [4.69, 9.17) is 0 Å². The van der Waals surface area contributed by atoms with E-state index in [1.165, 1.54) is 12.1 Å². The first-order chi connectivity index (χ1) is 12.6. The van der Waals surface area contributed by atoms with Crippen molar-refractivity contribution in [2.75, 3.05) is 6.54 Å². The van der Waals surface area contributed by atoms with Gasteiger partial charge in [0.05, 0.1) is 5.69 Å². The van der Waals surface area contributed by atoms with Crippen LogP contribution in [0, 0.1) is 12.7 Å². The zero-order chi connectivity index (χ0) is 18.1. The van der Waals surface area contributed by atoms with Gasteiger partial charge in [0.25, 0.3) is 5.91 Å². The van der Waals surface area contributed by atoms with Gasteiger partial charge in [0.1, 0.15) is 5.82 Å². The normalized spacial score (nSPS) is 13.4. The first kappa shape index (κ1) is 16.4. The van der Waals surface area contributed by atoms with Crippen molar-refractivity contribution in [1.29, 1.82) is 0 Å². The number of amides is 1. The molecule has 26 heavy (non-hydrogen) atoms. The highest BCUT2D eigenvalue weighted by atomic mass is 19.1. The maximum absolute atomic E-state index is 13.1. The number of nitrogens with zero attached hydrogens (tertiary/aromatic N) is 3. The van der Waals surface area contributed by atoms with Crippen LogP contribution < -0.4 is 0 Å². The van der Waals surface area contributed by atoms with E-state index < -0.39 is 0 Å². The average Bonchev–Trinajstić information content (AvgIpc) is 2.68. The Morgan fingerprint density at radius 1 is 1.08 bits per heavy atom. The molecule has 3 aromatic rings. The standard InChI is InChI=1S/C21H18FN3O/c1-14-2-4-16(5-3-14)21(26)25-11-10-19-17(13-25)12-23-20(24-19)15-6-8-18(22)9-7-15/h2-9,12H,10-11,13H2,1H3. The third-order valence-corrected chi connectivity index (χ3v) is 4.62. The van der Waals surface area contributed by atoms with Gasteiger partial charge in [-0.3, -0.25) is 4.79 Å². The SMILES string of the molecule is Cc1ccc(C(=O)N2CCc3nc(-c4ccc(F)cc4)ncc3C2)cc1. The van der Waals surface area contributed by atoms with Gasteiger partial charge in [0, 0.05) is 42.4 Å². The zero-order valence-electron chi connectivity index (χ0n) is 14.4. The fourth-order valence-corrected chi connectivity index (χ4v) is 3.11. The van der Waals surface area contributed by atoms with Crippen molar-refractivity contribution in [3.05, 3.63) is 82.9 Å². The van der Waals surface area contributed by atoms with Gasteiger partial charge < -0.3 is 4.90 Å². The summed E-state index contributed by atoms with van der Waals surface area (Å²) in [4.78, 5) is 23.5. The van der Waals surface area contributed by atoms with E-state index in [2.05, 4.69) is 9.97 Å². The number of carbonyl (C=O) groups is 1. The van der Waals surface area contributed by atoms with Crippen LogP contribution in [0.2, 0.25) is 0 Å². The first-order valence-electron chi connectivity index (χ1n) is 8.57. The van der Waals surface area contributed by atoms with Gasteiger partial charge in [-0.15, -0.1) is 0 Å². The number of hydrogen-bond acceptors (Lipinski definition) is 3. The van der Waals surface area contributed by atoms with Gasteiger partial charge in [-0.25, -0.2) is 14.4 Å². The summed E-state index contributed by atoms with van der Waals surface area (Å²) in [7, 11) is 0. The minimum Gasteiger partial charge on any atom is -0.334 e. The van der Waals surface area contributed by atoms with E-state index in [1.54, 1.807) is 18.3 Å². The average molecular weight is 347 g/mol. The highest BCUT2D eigenvalue weighted by Crippen LogP contribution is 2.22. The van der Waals surface area contributed by atoms with Crippen LogP contribution in [-0.2, 0) is 13.0 Å². The predicted octanol–water partition coefficient (Wildman–Crippen LogP) is 3.79. The lowest BCUT2D eigenvalue weighted by Gasteiger charge is -2.28. The number of aromatic nitrogens is 2. The first-order valence-corrected chi connectivity index (χ1v) is 8.57. The summed E-state index contributed by atoms with van der Waals surface area (Å²) in [6.07, 6.45) is 2.46. The second kappa shape index (κ2) is 6.67. The molecule has 2 aromatic carbocycles. The van der Waals surface area contributed by atoms with Crippen molar-refractivity contribution in [3.63, 3.8) is 0 Å². The number of fused-ring (bicyclic) bond motifs is 1. The second-order valence-electron chi connectivity index (χ2n) is 6.52. The lowest BCUT2D eigenvalue weighted by Crippen LogP contribution is -2.36. The molecule has 0 saturated carbocycles. The molecule has 0 N–H and O–H groups in total. The van der Waals surface area contributed by atoms with E-state index in [1.807, 2.05) is 36.1 Å². The highest BCUT2D eigenvalue weighted by Gasteiger charge is 2.23. The molecule has 1 aliphatic rings. The number of hydrogen-bond donors (Lipinski definition) is 0. The van der Waals surface area contributed by atoms with E-state index >= 15 is 0 Å². The predicted molar refractivity (Wildman–Crippen MR) is 97.0 cm³/mol. The Labute approximate surface area is 151 Å². The van der Waals surface area contributed by atoms with Crippen LogP contribution in [0.3, 0.4) is 0 Å². The van der Waals surface area contributed by atoms with E-state index in [0.717, 1.165) is 22.4 Å². The van der Waals surface area contributed by atoms with Crippen LogP contribution in [0.1, 0.15) is 27.2 Å². The molecular weight excluding hydrogens is 329 g/mol. The topological polar surface area (TPSA) is 46.1 Å². The Morgan fingerprint density at radius 3 is 2.54 bits per heavy atom. The van der Waals surface area contributed by atoms with Gasteiger partial charge in [-0.05, 0) is 43.3 Å². The number of rotatable bonds is 2. The van der Waals surface area contributed by atoms with E-state index in [9.17, 15) is 9.18 Å². The van der Waals surface area contributed by atoms with Crippen molar-refractivity contribution in [2.45, 2.75) is 19.9 Å². The molecule has 0 bridgehead atoms. The summed E-state index contributed by atoms with van der Waals surface area (Å²) in [5.74, 6) is 0.331. The van der Waals surface area contributed by atoms with Crippen LogP contribution in [0.15, 0.2) is 54.7 Å². The third kappa shape index (κ3) is 3.20. The lowest BCUT2D eigenvalue weighted by molar-refractivity contribution is 0.0733. The molecule has 0 unspecified atom stereocenters. The Bertz CT molecular complexity index is 952. The van der Waals surface area contributed by atoms with E-state index in [0.29, 0.717) is 30.9 Å². The van der Waals surface area contributed by atoms with Crippen LogP contribution in [0.4, 0.5) is 4.39 Å². The molecule has 0 saturated heterocycles. The summed E-state index contributed by atoms with van der Waals surface area (Å²) in [5.41, 5.74) is 4.53. The van der Waals surface area contributed by atoms with Gasteiger partial charge >= 0.3 is 0 Å². The second-order valence-corrected chi connectivity index (χ2v) is 6.52. The molecule has 4 rings (SSSR count). The Morgan fingerprint density at radius 2 is 1.81 bits per heavy atom. The van der Waals surface area contributed by atoms with Crippen molar-refractivity contribution < 1.29 is 9.18 Å². The van der Waals surface area contributed by atoms with Crippen molar-refractivity contribution in [1.82, 2.24) is 14.9 Å². The van der Waals surface area contributed by atoms with Crippen LogP contribution >= 0.6 is 0 Å². The molecule has 2 heterocycles. The molecule has 0 spiro atoms. The maximum atomic E-state index is 13.1. The summed E-state index contributed by atoms with van der Waals surface area (Å²) in [6, 6.07) is 13.8. The number of benzene rings is 2. The summed E-state index contributed by atoms with van der Waals surface area (Å²) in [6.45, 7) is 3.13. The summed E-state index contributed by atoms with van der Waals surface area (Å²) < 4.78 is 13.1. The van der Waals surface area contributed by atoms with Gasteiger partial charge in [0.15, 0.2) is 5.82 Å². The Balaban J connectivity index is 1.55. The molecule has 5 heteroatoms. The molecule has 0 radical (unpaired) electrons. The number of carbonyl (C=O) groups excluding carboxylic acids is 1. The minimum atomic E-state index is -0.281. The summed E-state index contributed by atoms with van der Waals surface area (Å²) in [5, 5.41) is 0.